The quantitative estimate of drug-likeness (QED) is 0.0414. The van der Waals surface area contributed by atoms with Crippen LogP contribution in [0.3, 0.4) is 0 Å². The summed E-state index contributed by atoms with van der Waals surface area (Å²) in [7, 11) is -16.3. The molecule has 7 atom stereocenters. The first-order chi connectivity index (χ1) is 22.2. The molecule has 51 heavy (non-hydrogen) atoms. The van der Waals surface area contributed by atoms with Gasteiger partial charge in [0.15, 0.2) is 17.7 Å². The summed E-state index contributed by atoms with van der Waals surface area (Å²) in [5.41, 5.74) is 4.30. The molecule has 0 aromatic carbocycles. The van der Waals surface area contributed by atoms with E-state index in [1.165, 1.54) is 13.8 Å². The molecule has 3 radical (unpaired) electrons. The Kier molecular flexibility index (Phi) is 21.0. The Hall–Kier alpha value is -0.318. The van der Waals surface area contributed by atoms with Crippen LogP contribution < -0.4 is 16.4 Å². The van der Waals surface area contributed by atoms with E-state index in [2.05, 4.69) is 47.0 Å². The molecular weight excluding hydrogens is 752 g/mol. The molecule has 0 aliphatic carbocycles. The summed E-state index contributed by atoms with van der Waals surface area (Å²) in [4.78, 5) is 74.6. The van der Waals surface area contributed by atoms with E-state index in [1.807, 2.05) is 0 Å². The van der Waals surface area contributed by atoms with Crippen molar-refractivity contribution in [1.29, 1.82) is 0 Å². The molecule has 1 aliphatic rings. The van der Waals surface area contributed by atoms with Crippen LogP contribution in [-0.2, 0) is 45.9 Å². The number of hydrogen-bond donors (Lipinski definition) is 10. The van der Waals surface area contributed by atoms with Crippen molar-refractivity contribution in [3.05, 3.63) is 12.7 Å². The topological polar surface area (TPSA) is 347 Å². The van der Waals surface area contributed by atoms with Crippen LogP contribution in [0.4, 0.5) is 5.82 Å². The number of phosphoric acid groups is 3. The minimum atomic E-state index is -5.54. The number of aromatic nitrogens is 4. The van der Waals surface area contributed by atoms with E-state index in [1.54, 1.807) is 0 Å². The molecule has 3 rings (SSSR count). The third kappa shape index (κ3) is 15.0. The summed E-state index contributed by atoms with van der Waals surface area (Å²) >= 11 is 3.95. The molecule has 275 valence electrons. The number of fused-ring (bicyclic) bond motifs is 1. The maximum absolute atomic E-state index is 12.6. The molecule has 2 amide bonds. The molecule has 0 spiro atoms. The van der Waals surface area contributed by atoms with Crippen LogP contribution in [0.5, 0.6) is 0 Å². The molecular formula is C21H36Li3N7O16P3S. The molecule has 2 aromatic heterocycles. The first-order valence-electron chi connectivity index (χ1n) is 13.7. The van der Waals surface area contributed by atoms with Crippen molar-refractivity contribution in [2.24, 2.45) is 5.41 Å². The average Bonchev–Trinajstić information content (AvgIpc) is 3.54. The second-order valence-electron chi connectivity index (χ2n) is 10.8. The van der Waals surface area contributed by atoms with E-state index in [4.69, 9.17) is 19.5 Å². The first kappa shape index (κ1) is 50.7. The Morgan fingerprint density at radius 3 is 2.29 bits per heavy atom. The number of phosphoric ester groups is 3. The standard InChI is InChI=1S/C21H36N7O16P3S.3Li/c1-21(2,16(31)19(32)24-4-3-12(29)23-5-6-48)8-41-47(38,39)44-46(36,37)40-7-11-15(43-45(33,34)35)14(30)20(42-11)28-10-27-13-17(22)25-9-26-18(13)28;;;/h9-11,14-16,20,30-31,48H,3-8H2,1-2H3,(H,23,29)(H,24,32)(H,36,37)(H,38,39)(H2,22,25,26)(H2,33,34,35);;;/t11-,14-,15-,16+,20-;;;/m1.../s1. The predicted molar refractivity (Wildman–Crippen MR) is 181 cm³/mol. The van der Waals surface area contributed by atoms with Gasteiger partial charge in [-0.25, -0.2) is 28.6 Å². The number of hydrogen-bond acceptors (Lipinski definition) is 17. The van der Waals surface area contributed by atoms with Gasteiger partial charge in [-0.2, -0.15) is 16.9 Å². The molecule has 23 nitrogen and oxygen atoms in total. The van der Waals surface area contributed by atoms with E-state index < -0.39 is 78.6 Å². The van der Waals surface area contributed by atoms with Gasteiger partial charge in [-0.1, -0.05) is 13.8 Å². The first-order valence-corrected chi connectivity index (χ1v) is 18.8. The predicted octanol–water partition coefficient (Wildman–Crippen LogP) is -2.81. The number of nitrogens with two attached hydrogens (primary N) is 1. The number of aliphatic hydroxyl groups is 2. The fraction of sp³-hybridized carbons (Fsp3) is 0.667. The number of rotatable bonds is 18. The number of nitrogen functional groups attached to an aromatic ring is 1. The fourth-order valence-electron chi connectivity index (χ4n) is 4.14. The molecule has 10 N–H and O–H groups in total. The van der Waals surface area contributed by atoms with Gasteiger partial charge in [-0.15, -0.1) is 0 Å². The Morgan fingerprint density at radius 2 is 1.69 bits per heavy atom. The number of thiol groups is 1. The van der Waals surface area contributed by atoms with Crippen LogP contribution >= 0.6 is 36.1 Å². The van der Waals surface area contributed by atoms with Crippen molar-refractivity contribution in [3.8, 4) is 0 Å². The van der Waals surface area contributed by atoms with Gasteiger partial charge in [-0.3, -0.25) is 27.7 Å². The second-order valence-corrected chi connectivity index (χ2v) is 15.5. The molecule has 2 unspecified atom stereocenters. The van der Waals surface area contributed by atoms with E-state index >= 15 is 0 Å². The number of carbonyl (C=O) groups excluding carboxylic acids is 2. The summed E-state index contributed by atoms with van der Waals surface area (Å²) < 4.78 is 61.7. The Morgan fingerprint density at radius 1 is 1.06 bits per heavy atom. The van der Waals surface area contributed by atoms with Crippen molar-refractivity contribution in [3.63, 3.8) is 0 Å². The number of ether oxygens (including phenoxy) is 1. The monoisotopic (exact) mass is 788 g/mol. The molecule has 30 heteroatoms. The number of anilines is 1. The minimum Gasteiger partial charge on any atom is -0.386 e. The van der Waals surface area contributed by atoms with Crippen molar-refractivity contribution in [2.45, 2.75) is 50.9 Å². The number of carbonyl (C=O) groups is 2. The molecule has 1 saturated heterocycles. The van der Waals surface area contributed by atoms with Gasteiger partial charge in [0.05, 0.1) is 19.5 Å². The molecule has 1 aliphatic heterocycles. The summed E-state index contributed by atoms with van der Waals surface area (Å²) in [5.74, 6) is -0.943. The Balaban J connectivity index is 0.00000833. The van der Waals surface area contributed by atoms with Crippen LogP contribution in [0.25, 0.3) is 11.2 Å². The summed E-state index contributed by atoms with van der Waals surface area (Å²) in [5, 5.41) is 26.1. The van der Waals surface area contributed by atoms with E-state index in [-0.39, 0.29) is 92.4 Å². The van der Waals surface area contributed by atoms with Crippen molar-refractivity contribution >= 4 is 121 Å². The van der Waals surface area contributed by atoms with Gasteiger partial charge in [0.1, 0.15) is 36.3 Å². The molecule has 3 heterocycles. The number of nitrogens with one attached hydrogen (secondary N) is 2. The number of amides is 2. The fourth-order valence-corrected chi connectivity index (χ4v) is 7.08. The van der Waals surface area contributed by atoms with Crippen molar-refractivity contribution < 1.29 is 75.7 Å². The maximum atomic E-state index is 12.6. The molecule has 2 aromatic rings. The van der Waals surface area contributed by atoms with E-state index in [9.17, 15) is 53.1 Å². The van der Waals surface area contributed by atoms with Gasteiger partial charge >= 0.3 is 23.5 Å². The smallest absolute Gasteiger partial charge is 0.386 e. The van der Waals surface area contributed by atoms with Crippen LogP contribution in [0.15, 0.2) is 12.7 Å². The summed E-state index contributed by atoms with van der Waals surface area (Å²) in [6, 6.07) is 0. The van der Waals surface area contributed by atoms with E-state index in [0.717, 1.165) is 17.2 Å². The zero-order valence-electron chi connectivity index (χ0n) is 28.2. The summed E-state index contributed by atoms with van der Waals surface area (Å²) in [6.07, 6.45) is -6.74. The average molecular weight is 788 g/mol. The zero-order valence-corrected chi connectivity index (χ0v) is 31.8. The SMILES string of the molecule is CC(C)(COP(=O)(O)OP(=O)(O)OC[C@H]1O[C@@H](n2cnc3c(N)ncnc32)[C@H](O)[C@@H]1OP(=O)(O)O)[C@@H](O)C(=O)NCCC(=O)NCCS.[Li].[Li].[Li]. The largest absolute Gasteiger partial charge is 0.481 e. The second kappa shape index (κ2) is 21.1. The van der Waals surface area contributed by atoms with Crippen molar-refractivity contribution in [1.82, 2.24) is 30.2 Å². The van der Waals surface area contributed by atoms with Gasteiger partial charge < -0.3 is 50.9 Å². The minimum absolute atomic E-state index is 0. The van der Waals surface area contributed by atoms with Crippen LogP contribution in [0.1, 0.15) is 26.5 Å². The molecule has 0 bridgehead atoms. The van der Waals surface area contributed by atoms with Crippen LogP contribution in [-0.4, -0.2) is 174 Å². The van der Waals surface area contributed by atoms with Gasteiger partial charge in [-0.05, 0) is 0 Å². The Labute approximate surface area is 332 Å². The van der Waals surface area contributed by atoms with Gasteiger partial charge in [0.25, 0.3) is 0 Å². The maximum Gasteiger partial charge on any atom is 0.481 e. The van der Waals surface area contributed by atoms with Crippen LogP contribution in [0.2, 0.25) is 0 Å². The molecule has 1 fully saturated rings. The third-order valence-electron chi connectivity index (χ3n) is 6.51. The number of aliphatic hydroxyl groups excluding tert-OH is 2. The van der Waals surface area contributed by atoms with Gasteiger partial charge in [0, 0.05) is 87.3 Å². The van der Waals surface area contributed by atoms with Gasteiger partial charge in [0.2, 0.25) is 11.8 Å². The van der Waals surface area contributed by atoms with Crippen molar-refractivity contribution in [2.75, 3.05) is 37.8 Å². The Bertz CT molecular complexity index is 1610. The number of nitrogens with zero attached hydrogens (tertiary/aromatic N) is 4. The zero-order chi connectivity index (χ0) is 36.1. The third-order valence-corrected chi connectivity index (χ3v) is 9.83. The summed E-state index contributed by atoms with van der Waals surface area (Å²) in [6.45, 7) is 0.723. The normalized spacial score (nSPS) is 22.0. The van der Waals surface area contributed by atoms with Crippen LogP contribution in [0, 0.1) is 5.41 Å². The van der Waals surface area contributed by atoms with E-state index in [0.29, 0.717) is 12.3 Å². The number of imidazole rings is 1. The molecule has 0 saturated carbocycles.